The Morgan fingerprint density at radius 1 is 1.42 bits per heavy atom. The first kappa shape index (κ1) is 18.6. The van der Waals surface area contributed by atoms with Gasteiger partial charge in [0.25, 0.3) is 5.91 Å². The summed E-state index contributed by atoms with van der Waals surface area (Å²) in [6, 6.07) is 0. The van der Waals surface area contributed by atoms with Gasteiger partial charge in [0.2, 0.25) is 5.88 Å². The monoisotopic (exact) mass is 361 g/mol. The van der Waals surface area contributed by atoms with Crippen LogP contribution in [0.4, 0.5) is 0 Å². The Hall–Kier alpha value is -1.71. The largest absolute Gasteiger partial charge is 0.493 e. The van der Waals surface area contributed by atoms with E-state index in [1.54, 1.807) is 26.0 Å². The molecular weight excluding hydrogens is 341 g/mol. The van der Waals surface area contributed by atoms with E-state index in [2.05, 4.69) is 4.98 Å². The molecule has 0 aromatic carbocycles. The summed E-state index contributed by atoms with van der Waals surface area (Å²) in [5.41, 5.74) is 4.83. The van der Waals surface area contributed by atoms with Gasteiger partial charge < -0.3 is 29.4 Å². The van der Waals surface area contributed by atoms with E-state index in [9.17, 15) is 14.5 Å². The number of ether oxygens (including phenoxy) is 2. The Kier molecular flexibility index (Phi) is 6.14. The number of carbonyl (C=O) groups excluding carboxylic acids is 1. The van der Waals surface area contributed by atoms with Crippen LogP contribution in [0.1, 0.15) is 30.6 Å². The Morgan fingerprint density at radius 2 is 2.08 bits per heavy atom. The van der Waals surface area contributed by atoms with Crippen LogP contribution in [0.15, 0.2) is 18.5 Å². The third-order valence-corrected chi connectivity index (χ3v) is 4.80. The maximum absolute atomic E-state index is 12.3. The van der Waals surface area contributed by atoms with E-state index >= 15 is 0 Å². The van der Waals surface area contributed by atoms with E-state index in [1.165, 1.54) is 10.9 Å². The van der Waals surface area contributed by atoms with Crippen molar-refractivity contribution < 1.29 is 33.0 Å². The van der Waals surface area contributed by atoms with E-state index in [-0.39, 0.29) is 25.3 Å². The number of rotatable bonds is 9. The zero-order valence-electron chi connectivity index (χ0n) is 13.3. The van der Waals surface area contributed by atoms with Crippen LogP contribution in [0.25, 0.3) is 0 Å². The predicted octanol–water partition coefficient (Wildman–Crippen LogP) is 1.34. The maximum Gasteiger partial charge on any atom is 0.356 e. The standard InChI is InChI=1S/C13H20N3O7P/c1-3-21-24(19,22-4-2)8-20-10-6-5-9(23-10)16-7-15-11(12(14)17)13(16)18/h5-7,9-10,18H,3-4,8H2,1-2H3,(H2,14,17)/t9-,10+/m1/s1. The number of nitrogens with two attached hydrogens (primary N) is 1. The molecular formula is C13H20N3O7P. The highest BCUT2D eigenvalue weighted by Gasteiger charge is 2.30. The number of hydrogen-bond acceptors (Lipinski definition) is 8. The summed E-state index contributed by atoms with van der Waals surface area (Å²) in [4.78, 5) is 14.8. The van der Waals surface area contributed by atoms with Crippen molar-refractivity contribution in [2.75, 3.05) is 19.6 Å². The van der Waals surface area contributed by atoms with Gasteiger partial charge in [0, 0.05) is 0 Å². The number of amides is 1. The fourth-order valence-corrected chi connectivity index (χ4v) is 3.39. The fourth-order valence-electron chi connectivity index (χ4n) is 2.05. The van der Waals surface area contributed by atoms with Crippen LogP contribution in [0, 0.1) is 0 Å². The molecule has 0 radical (unpaired) electrons. The average Bonchev–Trinajstić information content (AvgIpc) is 3.12. The minimum Gasteiger partial charge on any atom is -0.493 e. The van der Waals surface area contributed by atoms with Gasteiger partial charge in [-0.05, 0) is 26.0 Å². The van der Waals surface area contributed by atoms with Crippen molar-refractivity contribution in [2.24, 2.45) is 5.73 Å². The molecule has 11 heteroatoms. The molecule has 1 amide bonds. The minimum atomic E-state index is -3.35. The smallest absolute Gasteiger partial charge is 0.356 e. The first-order valence-corrected chi connectivity index (χ1v) is 9.02. The third kappa shape index (κ3) is 4.22. The van der Waals surface area contributed by atoms with E-state index in [0.717, 1.165) is 0 Å². The highest BCUT2D eigenvalue weighted by molar-refractivity contribution is 7.53. The molecule has 24 heavy (non-hydrogen) atoms. The van der Waals surface area contributed by atoms with Crippen molar-refractivity contribution in [1.29, 1.82) is 0 Å². The molecule has 2 rings (SSSR count). The van der Waals surface area contributed by atoms with E-state index in [0.29, 0.717) is 0 Å². The molecule has 0 unspecified atom stereocenters. The molecule has 3 N–H and O–H groups in total. The second-order valence-electron chi connectivity index (χ2n) is 4.71. The van der Waals surface area contributed by atoms with Gasteiger partial charge in [0.15, 0.2) is 24.6 Å². The number of aromatic hydroxyl groups is 1. The highest BCUT2D eigenvalue weighted by Crippen LogP contribution is 2.48. The van der Waals surface area contributed by atoms with E-state index < -0.39 is 31.9 Å². The van der Waals surface area contributed by atoms with Crippen molar-refractivity contribution >= 4 is 13.5 Å². The van der Waals surface area contributed by atoms with Crippen molar-refractivity contribution in [3.63, 3.8) is 0 Å². The molecule has 0 aliphatic carbocycles. The maximum atomic E-state index is 12.3. The van der Waals surface area contributed by atoms with Crippen molar-refractivity contribution in [3.8, 4) is 5.88 Å². The normalized spacial score (nSPS) is 20.6. The number of primary amides is 1. The SMILES string of the molecule is CCOP(=O)(CO[C@@H]1C=C[C@H](n2cnc(C(N)=O)c2O)O1)OCC. The zero-order chi connectivity index (χ0) is 17.7. The molecule has 0 spiro atoms. The first-order chi connectivity index (χ1) is 11.4. The second kappa shape index (κ2) is 7.91. The lowest BCUT2D eigenvalue weighted by atomic mass is 10.4. The minimum absolute atomic E-state index is 0.226. The van der Waals surface area contributed by atoms with Gasteiger partial charge in [0.1, 0.15) is 6.33 Å². The van der Waals surface area contributed by atoms with Crippen LogP contribution in [0.3, 0.4) is 0 Å². The summed E-state index contributed by atoms with van der Waals surface area (Å²) in [5, 5.41) is 9.91. The highest BCUT2D eigenvalue weighted by atomic mass is 31.2. The average molecular weight is 361 g/mol. The van der Waals surface area contributed by atoms with E-state index in [4.69, 9.17) is 24.3 Å². The molecule has 0 saturated heterocycles. The predicted molar refractivity (Wildman–Crippen MR) is 82.3 cm³/mol. The van der Waals surface area contributed by atoms with Crippen LogP contribution in [-0.2, 0) is 23.1 Å². The van der Waals surface area contributed by atoms with Crippen LogP contribution in [0.2, 0.25) is 0 Å². The number of hydrogen-bond donors (Lipinski definition) is 2. The third-order valence-electron chi connectivity index (χ3n) is 3.03. The van der Waals surface area contributed by atoms with Gasteiger partial charge in [-0.15, -0.1) is 0 Å². The molecule has 0 fully saturated rings. The summed E-state index contributed by atoms with van der Waals surface area (Å²) in [5.74, 6) is -1.26. The molecule has 0 bridgehead atoms. The van der Waals surface area contributed by atoms with Gasteiger partial charge >= 0.3 is 7.60 Å². The number of imidazole rings is 1. The lowest BCUT2D eigenvalue weighted by Crippen LogP contribution is -2.17. The van der Waals surface area contributed by atoms with Gasteiger partial charge in [0.05, 0.1) is 13.2 Å². The summed E-state index contributed by atoms with van der Waals surface area (Å²) in [6.07, 6.45) is 2.54. The van der Waals surface area contributed by atoms with Crippen LogP contribution >= 0.6 is 7.60 Å². The Balaban J connectivity index is 1.95. The lowest BCUT2D eigenvalue weighted by Gasteiger charge is -2.20. The Bertz CT molecular complexity index is 650. The summed E-state index contributed by atoms with van der Waals surface area (Å²) in [6.45, 7) is 3.85. The van der Waals surface area contributed by atoms with Gasteiger partial charge in [-0.25, -0.2) is 4.98 Å². The topological polar surface area (TPSA) is 135 Å². The van der Waals surface area contributed by atoms with Crippen molar-refractivity contribution in [1.82, 2.24) is 9.55 Å². The quantitative estimate of drug-likeness (QED) is 0.497. The van der Waals surface area contributed by atoms with Gasteiger partial charge in [-0.2, -0.15) is 0 Å². The molecule has 2 atom stereocenters. The molecule has 1 aromatic heterocycles. The summed E-state index contributed by atoms with van der Waals surface area (Å²) < 4.78 is 34.6. The zero-order valence-corrected chi connectivity index (χ0v) is 14.2. The molecule has 1 aromatic rings. The number of aromatic nitrogens is 2. The first-order valence-electron chi connectivity index (χ1n) is 7.29. The fraction of sp³-hybridized carbons (Fsp3) is 0.538. The Labute approximate surface area is 138 Å². The van der Waals surface area contributed by atoms with Crippen LogP contribution in [0.5, 0.6) is 5.88 Å². The summed E-state index contributed by atoms with van der Waals surface area (Å²) in [7, 11) is -3.35. The van der Waals surface area contributed by atoms with Gasteiger partial charge in [-0.3, -0.25) is 13.9 Å². The van der Waals surface area contributed by atoms with Crippen molar-refractivity contribution in [3.05, 3.63) is 24.2 Å². The Morgan fingerprint density at radius 3 is 2.62 bits per heavy atom. The summed E-state index contributed by atoms with van der Waals surface area (Å²) >= 11 is 0. The molecule has 1 aliphatic heterocycles. The van der Waals surface area contributed by atoms with E-state index in [1.807, 2.05) is 0 Å². The molecule has 1 aliphatic rings. The molecule has 2 heterocycles. The number of carbonyl (C=O) groups is 1. The second-order valence-corrected chi connectivity index (χ2v) is 6.71. The van der Waals surface area contributed by atoms with Crippen LogP contribution in [-0.4, -0.2) is 46.4 Å². The lowest BCUT2D eigenvalue weighted by molar-refractivity contribution is -0.128. The van der Waals surface area contributed by atoms with Gasteiger partial charge in [-0.1, -0.05) is 0 Å². The molecule has 0 saturated carbocycles. The molecule has 134 valence electrons. The van der Waals surface area contributed by atoms with Crippen LogP contribution < -0.4 is 5.73 Å². The number of nitrogens with zero attached hydrogens (tertiary/aromatic N) is 2. The molecule has 10 nitrogen and oxygen atoms in total. The van der Waals surface area contributed by atoms with Crippen molar-refractivity contribution in [2.45, 2.75) is 26.4 Å².